The molecule has 0 saturated carbocycles. The van der Waals surface area contributed by atoms with Gasteiger partial charge in [-0.25, -0.2) is 9.97 Å². The van der Waals surface area contributed by atoms with E-state index in [-0.39, 0.29) is 17.6 Å². The molecular weight excluding hydrogens is 462 g/mol. The molecule has 10 heteroatoms. The van der Waals surface area contributed by atoms with Crippen LogP contribution in [-0.2, 0) is 4.74 Å². The van der Waals surface area contributed by atoms with Gasteiger partial charge in [0.25, 0.3) is 5.91 Å². The van der Waals surface area contributed by atoms with E-state index in [1.807, 2.05) is 35.0 Å². The number of ether oxygens (including phenoxy) is 1. The Hall–Kier alpha value is -3.21. The average molecular weight is 490 g/mol. The van der Waals surface area contributed by atoms with Gasteiger partial charge in [-0.15, -0.1) is 0 Å². The fraction of sp³-hybridized carbons (Fsp3) is 0.360. The van der Waals surface area contributed by atoms with E-state index in [0.717, 1.165) is 59.3 Å². The minimum Gasteiger partial charge on any atom is -0.376 e. The van der Waals surface area contributed by atoms with Crippen molar-refractivity contribution in [3.05, 3.63) is 54.6 Å². The molecule has 2 aliphatic heterocycles. The SMILES string of the molecule is C[C@@H]1OCC2(CCN(c3ncc(Sc4ccnc5c(C(N)=O)cccc45)c4nccn34)CC2)[C@@H]1N. The van der Waals surface area contributed by atoms with Crippen LogP contribution in [0.15, 0.2) is 58.8 Å². The zero-order valence-corrected chi connectivity index (χ0v) is 20.2. The number of pyridine rings is 1. The molecule has 0 aliphatic carbocycles. The summed E-state index contributed by atoms with van der Waals surface area (Å²) in [4.78, 5) is 29.9. The van der Waals surface area contributed by atoms with Crippen LogP contribution in [0.4, 0.5) is 5.95 Å². The van der Waals surface area contributed by atoms with Crippen LogP contribution in [0.3, 0.4) is 0 Å². The van der Waals surface area contributed by atoms with Gasteiger partial charge >= 0.3 is 0 Å². The van der Waals surface area contributed by atoms with Crippen molar-refractivity contribution in [2.45, 2.75) is 41.7 Å². The smallest absolute Gasteiger partial charge is 0.250 e. The summed E-state index contributed by atoms with van der Waals surface area (Å²) in [6.45, 7) is 4.56. The molecule has 4 aromatic rings. The second-order valence-corrected chi connectivity index (χ2v) is 10.5. The number of para-hydroxylation sites is 1. The van der Waals surface area contributed by atoms with Crippen molar-refractivity contribution in [2.24, 2.45) is 16.9 Å². The van der Waals surface area contributed by atoms with Crippen LogP contribution in [0.5, 0.6) is 0 Å². The van der Waals surface area contributed by atoms with Crippen LogP contribution < -0.4 is 16.4 Å². The monoisotopic (exact) mass is 489 g/mol. The molecule has 2 atom stereocenters. The van der Waals surface area contributed by atoms with Crippen LogP contribution in [0, 0.1) is 5.41 Å². The molecule has 0 radical (unpaired) electrons. The standard InChI is InChI=1S/C25H27N7O2S/c1-15-21(26)25(14-34-15)6-10-31(11-7-25)24-30-13-19(23-29-9-12-32(23)24)35-18-5-8-28-20-16(18)3-2-4-17(20)22(27)33/h2-5,8-9,12-13,15,21H,6-7,10-11,14,26H2,1H3,(H2,27,33)/t15-,21+/m0/s1. The summed E-state index contributed by atoms with van der Waals surface area (Å²) in [5.41, 5.74) is 14.0. The van der Waals surface area contributed by atoms with Crippen LogP contribution in [0.25, 0.3) is 16.6 Å². The number of aromatic nitrogens is 4. The number of imidazole rings is 1. The van der Waals surface area contributed by atoms with Crippen molar-refractivity contribution in [3.63, 3.8) is 0 Å². The maximum absolute atomic E-state index is 11.9. The van der Waals surface area contributed by atoms with E-state index in [9.17, 15) is 4.79 Å². The van der Waals surface area contributed by atoms with E-state index in [2.05, 4.69) is 21.8 Å². The van der Waals surface area contributed by atoms with E-state index < -0.39 is 5.91 Å². The molecule has 5 heterocycles. The van der Waals surface area contributed by atoms with Crippen LogP contribution in [0.2, 0.25) is 0 Å². The summed E-state index contributed by atoms with van der Waals surface area (Å²) in [6, 6.07) is 7.48. The molecule has 4 N–H and O–H groups in total. The number of primary amides is 1. The maximum atomic E-state index is 11.9. The number of carbonyl (C=O) groups is 1. The molecule has 0 unspecified atom stereocenters. The molecule has 2 saturated heterocycles. The molecule has 6 rings (SSSR count). The number of benzene rings is 1. The van der Waals surface area contributed by atoms with Gasteiger partial charge in [-0.1, -0.05) is 23.9 Å². The van der Waals surface area contributed by atoms with Crippen molar-refractivity contribution < 1.29 is 9.53 Å². The lowest BCUT2D eigenvalue weighted by Gasteiger charge is -2.41. The summed E-state index contributed by atoms with van der Waals surface area (Å²) in [6.07, 6.45) is 9.41. The lowest BCUT2D eigenvalue weighted by Crippen LogP contribution is -2.51. The van der Waals surface area contributed by atoms with Gasteiger partial charge in [-0.05, 0) is 31.9 Å². The molecule has 0 bridgehead atoms. The van der Waals surface area contributed by atoms with Gasteiger partial charge in [0.2, 0.25) is 5.95 Å². The minimum absolute atomic E-state index is 0.0614. The number of hydrogen-bond donors (Lipinski definition) is 2. The second-order valence-electron chi connectivity index (χ2n) is 9.41. The van der Waals surface area contributed by atoms with Crippen molar-refractivity contribution in [1.82, 2.24) is 19.4 Å². The Labute approximate surface area is 206 Å². The van der Waals surface area contributed by atoms with E-state index in [1.54, 1.807) is 30.2 Å². The summed E-state index contributed by atoms with van der Waals surface area (Å²) in [5, 5.41) is 0.869. The first-order chi connectivity index (χ1) is 17.0. The Morgan fingerprint density at radius 1 is 1.14 bits per heavy atom. The molecule has 180 valence electrons. The summed E-state index contributed by atoms with van der Waals surface area (Å²) < 4.78 is 7.92. The number of fused-ring (bicyclic) bond motifs is 2. The van der Waals surface area contributed by atoms with Crippen LogP contribution in [0.1, 0.15) is 30.1 Å². The Morgan fingerprint density at radius 2 is 1.97 bits per heavy atom. The van der Waals surface area contributed by atoms with E-state index in [4.69, 9.17) is 21.2 Å². The van der Waals surface area contributed by atoms with Crippen molar-refractivity contribution >= 4 is 40.2 Å². The van der Waals surface area contributed by atoms with E-state index >= 15 is 0 Å². The Morgan fingerprint density at radius 3 is 2.71 bits per heavy atom. The predicted molar refractivity (Wildman–Crippen MR) is 135 cm³/mol. The summed E-state index contributed by atoms with van der Waals surface area (Å²) in [7, 11) is 0. The second kappa shape index (κ2) is 8.47. The van der Waals surface area contributed by atoms with Gasteiger partial charge in [0.15, 0.2) is 5.65 Å². The molecule has 35 heavy (non-hydrogen) atoms. The van der Waals surface area contributed by atoms with Crippen molar-refractivity contribution in [2.75, 3.05) is 24.6 Å². The number of piperidine rings is 1. The third kappa shape index (κ3) is 3.64. The van der Waals surface area contributed by atoms with Crippen LogP contribution >= 0.6 is 11.8 Å². The number of hydrogen-bond acceptors (Lipinski definition) is 8. The molecule has 3 aromatic heterocycles. The average Bonchev–Trinajstić information content (AvgIpc) is 3.47. The zero-order valence-electron chi connectivity index (χ0n) is 19.4. The topological polar surface area (TPSA) is 125 Å². The number of rotatable bonds is 4. The van der Waals surface area contributed by atoms with Gasteiger partial charge < -0.3 is 21.1 Å². The zero-order chi connectivity index (χ0) is 24.2. The predicted octanol–water partition coefficient (Wildman–Crippen LogP) is 2.86. The van der Waals surface area contributed by atoms with Crippen molar-refractivity contribution in [3.8, 4) is 0 Å². The highest BCUT2D eigenvalue weighted by Gasteiger charge is 2.47. The van der Waals surface area contributed by atoms with Gasteiger partial charge in [0.05, 0.1) is 28.7 Å². The number of carbonyl (C=O) groups excluding carboxylic acids is 1. The Bertz CT molecular complexity index is 1430. The van der Waals surface area contributed by atoms with E-state index in [0.29, 0.717) is 11.1 Å². The highest BCUT2D eigenvalue weighted by molar-refractivity contribution is 7.99. The number of nitrogens with zero attached hydrogens (tertiary/aromatic N) is 5. The molecule has 1 aromatic carbocycles. The molecule has 1 spiro atoms. The minimum atomic E-state index is -0.491. The Balaban J connectivity index is 1.30. The lowest BCUT2D eigenvalue weighted by atomic mass is 9.73. The van der Waals surface area contributed by atoms with Gasteiger partial charge in [0, 0.05) is 59.6 Å². The van der Waals surface area contributed by atoms with Gasteiger partial charge in [-0.3, -0.25) is 14.2 Å². The fourth-order valence-electron chi connectivity index (χ4n) is 5.37. The lowest BCUT2D eigenvalue weighted by molar-refractivity contribution is 0.0973. The number of amides is 1. The third-order valence-corrected chi connectivity index (χ3v) is 8.56. The molecule has 1 amide bonds. The first-order valence-corrected chi connectivity index (χ1v) is 12.6. The molecule has 2 fully saturated rings. The van der Waals surface area contributed by atoms with Gasteiger partial charge in [-0.2, -0.15) is 0 Å². The highest BCUT2D eigenvalue weighted by atomic mass is 32.2. The third-order valence-electron chi connectivity index (χ3n) is 7.48. The van der Waals surface area contributed by atoms with Crippen LogP contribution in [-0.4, -0.2) is 57.1 Å². The van der Waals surface area contributed by atoms with E-state index in [1.165, 1.54) is 0 Å². The van der Waals surface area contributed by atoms with Crippen molar-refractivity contribution in [1.29, 1.82) is 0 Å². The number of anilines is 1. The quantitative estimate of drug-likeness (QED) is 0.448. The largest absolute Gasteiger partial charge is 0.376 e. The normalized spacial score (nSPS) is 21.8. The molecule has 2 aliphatic rings. The summed E-state index contributed by atoms with van der Waals surface area (Å²) in [5.74, 6) is 0.391. The Kier molecular flexibility index (Phi) is 5.39. The molecule has 9 nitrogen and oxygen atoms in total. The first kappa shape index (κ1) is 22.3. The number of nitrogens with two attached hydrogens (primary N) is 2. The summed E-state index contributed by atoms with van der Waals surface area (Å²) >= 11 is 1.55. The fourth-order valence-corrected chi connectivity index (χ4v) is 6.36. The maximum Gasteiger partial charge on any atom is 0.250 e. The van der Waals surface area contributed by atoms with Gasteiger partial charge in [0.1, 0.15) is 0 Å². The first-order valence-electron chi connectivity index (χ1n) is 11.8. The molecular formula is C25H27N7O2S. The highest BCUT2D eigenvalue weighted by Crippen LogP contribution is 2.42.